The van der Waals surface area contributed by atoms with E-state index in [2.05, 4.69) is 36.4 Å². The van der Waals surface area contributed by atoms with Gasteiger partial charge in [-0.05, 0) is 32.5 Å². The first-order chi connectivity index (χ1) is 10.4. The van der Waals surface area contributed by atoms with Gasteiger partial charge in [-0.25, -0.2) is 4.79 Å². The molecule has 6 nitrogen and oxygen atoms in total. The summed E-state index contributed by atoms with van der Waals surface area (Å²) in [6.45, 7) is 0.519. The molecule has 1 saturated carbocycles. The molecule has 1 heterocycles. The molecule has 118 valence electrons. The van der Waals surface area contributed by atoms with E-state index >= 15 is 0 Å². The summed E-state index contributed by atoms with van der Waals surface area (Å²) in [4.78, 5) is 26.8. The van der Waals surface area contributed by atoms with E-state index in [9.17, 15) is 9.59 Å². The highest BCUT2D eigenvalue weighted by molar-refractivity contribution is 5.85. The van der Waals surface area contributed by atoms with Crippen molar-refractivity contribution in [1.29, 1.82) is 0 Å². The van der Waals surface area contributed by atoms with Crippen molar-refractivity contribution >= 4 is 11.9 Å². The summed E-state index contributed by atoms with van der Waals surface area (Å²) in [7, 11) is 4.13. The van der Waals surface area contributed by atoms with E-state index in [0.717, 1.165) is 12.8 Å². The summed E-state index contributed by atoms with van der Waals surface area (Å²) in [5.74, 6) is -0.478. The van der Waals surface area contributed by atoms with Gasteiger partial charge in [0.2, 0.25) is 5.91 Å². The van der Waals surface area contributed by atoms with Crippen LogP contribution >= 0.6 is 0 Å². The van der Waals surface area contributed by atoms with Crippen molar-refractivity contribution in [3.63, 3.8) is 0 Å². The lowest BCUT2D eigenvalue weighted by Gasteiger charge is -2.57. The molecule has 0 bridgehead atoms. The van der Waals surface area contributed by atoms with Crippen LogP contribution in [-0.2, 0) is 10.3 Å². The molecule has 0 radical (unpaired) electrons. The Kier molecular flexibility index (Phi) is 3.36. The zero-order valence-corrected chi connectivity index (χ0v) is 13.0. The molecule has 3 rings (SSSR count). The van der Waals surface area contributed by atoms with Crippen LogP contribution in [0.3, 0.4) is 0 Å². The third-order valence-corrected chi connectivity index (χ3v) is 4.93. The van der Waals surface area contributed by atoms with Gasteiger partial charge < -0.3 is 16.0 Å². The molecule has 2 fully saturated rings. The number of carbonyl (C=O) groups is 2. The van der Waals surface area contributed by atoms with E-state index < -0.39 is 5.91 Å². The molecule has 3 amide bonds. The molecule has 6 heteroatoms. The number of nitrogens with one attached hydrogen (secondary N) is 1. The van der Waals surface area contributed by atoms with E-state index in [-0.39, 0.29) is 23.7 Å². The highest BCUT2D eigenvalue weighted by atomic mass is 16.2. The number of benzene rings is 1. The number of carbonyl (C=O) groups excluding carboxylic acids is 2. The molecular weight excluding hydrogens is 280 g/mol. The van der Waals surface area contributed by atoms with Gasteiger partial charge in [-0.3, -0.25) is 9.69 Å². The number of urea groups is 1. The van der Waals surface area contributed by atoms with E-state index in [0.29, 0.717) is 6.54 Å². The standard InChI is InChI=1S/C16H22N4O2/c1-19(2)16(12-6-4-3-5-7-12)9-15(10-16)11-20(8-13(17)21)14(22)18-15/h3-7H,8-11H2,1-2H3,(H2,17,21)(H,18,22)/t15-,16+. The Morgan fingerprint density at radius 3 is 2.50 bits per heavy atom. The minimum absolute atomic E-state index is 0.0200. The lowest BCUT2D eigenvalue weighted by atomic mass is 9.59. The van der Waals surface area contributed by atoms with Crippen LogP contribution in [0.25, 0.3) is 0 Å². The largest absolute Gasteiger partial charge is 0.368 e. The second kappa shape index (κ2) is 4.98. The SMILES string of the molecule is CN(C)[C@]1(c2ccccc2)C[C@@]2(CN(CC(N)=O)C(=O)N2)C1. The van der Waals surface area contributed by atoms with Gasteiger partial charge in [0.05, 0.1) is 11.1 Å². The predicted molar refractivity (Wildman–Crippen MR) is 83.1 cm³/mol. The van der Waals surface area contributed by atoms with Crippen molar-refractivity contribution in [2.45, 2.75) is 23.9 Å². The molecule has 1 spiro atoms. The molecular formula is C16H22N4O2. The molecule has 0 aromatic heterocycles. The van der Waals surface area contributed by atoms with Gasteiger partial charge in [0.15, 0.2) is 0 Å². The van der Waals surface area contributed by atoms with E-state index in [1.165, 1.54) is 10.5 Å². The molecule has 1 aromatic carbocycles. The van der Waals surface area contributed by atoms with Crippen molar-refractivity contribution in [3.05, 3.63) is 35.9 Å². The van der Waals surface area contributed by atoms with E-state index in [4.69, 9.17) is 5.73 Å². The smallest absolute Gasteiger partial charge is 0.318 e. The highest BCUT2D eigenvalue weighted by Gasteiger charge is 2.60. The van der Waals surface area contributed by atoms with Crippen LogP contribution in [0.1, 0.15) is 18.4 Å². The van der Waals surface area contributed by atoms with Crippen LogP contribution in [0.2, 0.25) is 0 Å². The van der Waals surface area contributed by atoms with Crippen molar-refractivity contribution in [1.82, 2.24) is 15.1 Å². The van der Waals surface area contributed by atoms with Crippen molar-refractivity contribution in [2.75, 3.05) is 27.2 Å². The fourth-order valence-corrected chi connectivity index (χ4v) is 3.89. The maximum atomic E-state index is 12.0. The maximum absolute atomic E-state index is 12.0. The minimum Gasteiger partial charge on any atom is -0.368 e. The Morgan fingerprint density at radius 2 is 1.95 bits per heavy atom. The van der Waals surface area contributed by atoms with Gasteiger partial charge in [-0.1, -0.05) is 30.3 Å². The molecule has 22 heavy (non-hydrogen) atoms. The fourth-order valence-electron chi connectivity index (χ4n) is 3.89. The first-order valence-corrected chi connectivity index (χ1v) is 7.45. The quantitative estimate of drug-likeness (QED) is 0.849. The second-order valence-electron chi connectivity index (χ2n) is 6.68. The van der Waals surface area contributed by atoms with Crippen molar-refractivity contribution in [3.8, 4) is 0 Å². The summed E-state index contributed by atoms with van der Waals surface area (Å²) >= 11 is 0. The first kappa shape index (κ1) is 14.8. The number of rotatable bonds is 4. The highest BCUT2D eigenvalue weighted by Crippen LogP contribution is 2.53. The van der Waals surface area contributed by atoms with Gasteiger partial charge in [-0.2, -0.15) is 0 Å². The predicted octanol–water partition coefficient (Wildman–Crippen LogP) is 0.487. The molecule has 1 saturated heterocycles. The number of amides is 3. The molecule has 1 aromatic rings. The Balaban J connectivity index is 1.79. The Labute approximate surface area is 130 Å². The minimum atomic E-state index is -0.478. The van der Waals surface area contributed by atoms with Crippen LogP contribution in [0.5, 0.6) is 0 Å². The lowest BCUT2D eigenvalue weighted by molar-refractivity contribution is -0.118. The third kappa shape index (κ3) is 2.23. The zero-order valence-electron chi connectivity index (χ0n) is 13.0. The van der Waals surface area contributed by atoms with Crippen LogP contribution in [0, 0.1) is 0 Å². The topological polar surface area (TPSA) is 78.7 Å². The van der Waals surface area contributed by atoms with Crippen LogP contribution in [0.4, 0.5) is 4.79 Å². The van der Waals surface area contributed by atoms with Crippen molar-refractivity contribution < 1.29 is 9.59 Å². The maximum Gasteiger partial charge on any atom is 0.318 e. The molecule has 3 N–H and O–H groups in total. The molecule has 0 unspecified atom stereocenters. The molecule has 1 aliphatic heterocycles. The Bertz CT molecular complexity index is 593. The third-order valence-electron chi connectivity index (χ3n) is 4.93. The first-order valence-electron chi connectivity index (χ1n) is 7.45. The van der Waals surface area contributed by atoms with Gasteiger partial charge >= 0.3 is 6.03 Å². The number of nitrogens with two attached hydrogens (primary N) is 1. The van der Waals surface area contributed by atoms with Crippen LogP contribution < -0.4 is 11.1 Å². The lowest BCUT2D eigenvalue weighted by Crippen LogP contribution is -2.66. The van der Waals surface area contributed by atoms with Crippen LogP contribution in [-0.4, -0.2) is 54.5 Å². The monoisotopic (exact) mass is 302 g/mol. The summed E-state index contributed by atoms with van der Waals surface area (Å²) in [6, 6.07) is 10.2. The number of nitrogens with zero attached hydrogens (tertiary/aromatic N) is 2. The number of primary amides is 1. The second-order valence-corrected chi connectivity index (χ2v) is 6.68. The normalized spacial score (nSPS) is 30.5. The van der Waals surface area contributed by atoms with Gasteiger partial charge in [0, 0.05) is 6.54 Å². The average molecular weight is 302 g/mol. The summed E-state index contributed by atoms with van der Waals surface area (Å²) < 4.78 is 0. The fraction of sp³-hybridized carbons (Fsp3) is 0.500. The Morgan fingerprint density at radius 1 is 1.32 bits per heavy atom. The molecule has 2 aliphatic rings. The zero-order chi connectivity index (χ0) is 16.0. The summed E-state index contributed by atoms with van der Waals surface area (Å²) in [6.07, 6.45) is 1.66. The average Bonchev–Trinajstić information content (AvgIpc) is 2.73. The summed E-state index contributed by atoms with van der Waals surface area (Å²) in [5, 5.41) is 3.05. The molecule has 0 atom stereocenters. The van der Waals surface area contributed by atoms with Crippen molar-refractivity contribution in [2.24, 2.45) is 5.73 Å². The number of hydrogen-bond acceptors (Lipinski definition) is 3. The van der Waals surface area contributed by atoms with Gasteiger partial charge in [0.25, 0.3) is 0 Å². The van der Waals surface area contributed by atoms with Gasteiger partial charge in [0.1, 0.15) is 6.54 Å². The number of hydrogen-bond donors (Lipinski definition) is 2. The van der Waals surface area contributed by atoms with E-state index in [1.807, 2.05) is 18.2 Å². The molecule has 1 aliphatic carbocycles. The van der Waals surface area contributed by atoms with Crippen LogP contribution in [0.15, 0.2) is 30.3 Å². The van der Waals surface area contributed by atoms with E-state index in [1.54, 1.807) is 0 Å². The van der Waals surface area contributed by atoms with Gasteiger partial charge in [-0.15, -0.1) is 0 Å². The Hall–Kier alpha value is -2.08. The summed E-state index contributed by atoms with van der Waals surface area (Å²) in [5.41, 5.74) is 6.13.